The van der Waals surface area contributed by atoms with E-state index in [1.807, 2.05) is 68.4 Å². The number of aliphatic hydroxyl groups is 1. The lowest BCUT2D eigenvalue weighted by Gasteiger charge is -2.25. The van der Waals surface area contributed by atoms with Crippen LogP contribution in [0.1, 0.15) is 26.3 Å². The van der Waals surface area contributed by atoms with Gasteiger partial charge in [0.1, 0.15) is 24.2 Å². The van der Waals surface area contributed by atoms with Gasteiger partial charge in [0.25, 0.3) is 0 Å². The first kappa shape index (κ1) is 17.3. The second-order valence-corrected chi connectivity index (χ2v) is 5.85. The molecule has 0 fully saturated rings. The maximum atomic E-state index is 9.78. The molecule has 2 aromatic rings. The molecule has 0 aromatic heterocycles. The fourth-order valence-corrected chi connectivity index (χ4v) is 2.10. The molecule has 2 rings (SSSR count). The summed E-state index contributed by atoms with van der Waals surface area (Å²) in [7, 11) is 0. The Balaban J connectivity index is 1.90. The SMILES string of the molecule is CC(C)NC(Oc1ccc(OCc2ccccc2)cc1)C(C)O. The lowest BCUT2D eigenvalue weighted by atomic mass is 10.2. The van der Waals surface area contributed by atoms with Gasteiger partial charge in [-0.1, -0.05) is 30.3 Å². The number of benzene rings is 2. The number of hydrogen-bond donors (Lipinski definition) is 2. The number of hydrogen-bond acceptors (Lipinski definition) is 4. The Labute approximate surface area is 138 Å². The van der Waals surface area contributed by atoms with Crippen LogP contribution in [0.5, 0.6) is 11.5 Å². The zero-order chi connectivity index (χ0) is 16.7. The second-order valence-electron chi connectivity index (χ2n) is 5.85. The average Bonchev–Trinajstić information content (AvgIpc) is 2.54. The summed E-state index contributed by atoms with van der Waals surface area (Å²) in [5, 5.41) is 13.0. The summed E-state index contributed by atoms with van der Waals surface area (Å²) in [5.74, 6) is 1.47. The summed E-state index contributed by atoms with van der Waals surface area (Å²) in [6.07, 6.45) is -1.04. The van der Waals surface area contributed by atoms with Gasteiger partial charge in [-0.2, -0.15) is 0 Å². The average molecular weight is 315 g/mol. The molecule has 2 atom stereocenters. The highest BCUT2D eigenvalue weighted by Crippen LogP contribution is 2.20. The van der Waals surface area contributed by atoms with Crippen LogP contribution >= 0.6 is 0 Å². The van der Waals surface area contributed by atoms with E-state index in [4.69, 9.17) is 9.47 Å². The molecule has 2 aromatic carbocycles. The van der Waals surface area contributed by atoms with E-state index in [-0.39, 0.29) is 6.04 Å². The molecular weight excluding hydrogens is 290 g/mol. The van der Waals surface area contributed by atoms with Gasteiger partial charge in [-0.05, 0) is 50.6 Å². The Kier molecular flexibility index (Phi) is 6.44. The number of rotatable bonds is 8. The van der Waals surface area contributed by atoms with Crippen molar-refractivity contribution in [2.45, 2.75) is 45.8 Å². The first-order chi connectivity index (χ1) is 11.0. The minimum atomic E-state index is -0.605. The van der Waals surface area contributed by atoms with Gasteiger partial charge in [-0.25, -0.2) is 0 Å². The minimum absolute atomic E-state index is 0.225. The molecule has 0 aliphatic carbocycles. The van der Waals surface area contributed by atoms with Gasteiger partial charge in [0.15, 0.2) is 6.23 Å². The maximum absolute atomic E-state index is 9.78. The van der Waals surface area contributed by atoms with Crippen LogP contribution in [0, 0.1) is 0 Å². The summed E-state index contributed by atoms with van der Waals surface area (Å²) in [4.78, 5) is 0. The van der Waals surface area contributed by atoms with Gasteiger partial charge in [0.2, 0.25) is 0 Å². The van der Waals surface area contributed by atoms with E-state index in [0.717, 1.165) is 11.3 Å². The lowest BCUT2D eigenvalue weighted by molar-refractivity contribution is 0.0218. The predicted octanol–water partition coefficient (Wildman–Crippen LogP) is 3.35. The summed E-state index contributed by atoms with van der Waals surface area (Å²) in [6.45, 7) is 6.27. The molecule has 2 N–H and O–H groups in total. The molecule has 0 radical (unpaired) electrons. The largest absolute Gasteiger partial charge is 0.489 e. The number of nitrogens with one attached hydrogen (secondary N) is 1. The van der Waals surface area contributed by atoms with Crippen molar-refractivity contribution in [2.24, 2.45) is 0 Å². The van der Waals surface area contributed by atoms with Crippen molar-refractivity contribution in [2.75, 3.05) is 0 Å². The third kappa shape index (κ3) is 5.93. The van der Waals surface area contributed by atoms with Gasteiger partial charge in [0, 0.05) is 6.04 Å². The third-order valence-corrected chi connectivity index (χ3v) is 3.27. The summed E-state index contributed by atoms with van der Waals surface area (Å²) >= 11 is 0. The van der Waals surface area contributed by atoms with Crippen molar-refractivity contribution in [1.82, 2.24) is 5.32 Å². The van der Waals surface area contributed by atoms with Gasteiger partial charge in [0.05, 0.1) is 0 Å². The van der Waals surface area contributed by atoms with Crippen LogP contribution in [0.4, 0.5) is 0 Å². The normalized spacial score (nSPS) is 13.6. The Morgan fingerprint density at radius 1 is 0.913 bits per heavy atom. The quantitative estimate of drug-likeness (QED) is 0.734. The van der Waals surface area contributed by atoms with Gasteiger partial charge < -0.3 is 14.6 Å². The third-order valence-electron chi connectivity index (χ3n) is 3.27. The molecule has 4 heteroatoms. The summed E-state index contributed by atoms with van der Waals surface area (Å²) in [6, 6.07) is 17.7. The smallest absolute Gasteiger partial charge is 0.176 e. The Bertz CT molecular complexity index is 567. The van der Waals surface area contributed by atoms with Crippen molar-refractivity contribution in [3.05, 3.63) is 60.2 Å². The molecule has 0 saturated carbocycles. The van der Waals surface area contributed by atoms with Crippen LogP contribution in [0.25, 0.3) is 0 Å². The van der Waals surface area contributed by atoms with Crippen molar-refractivity contribution < 1.29 is 14.6 Å². The Morgan fingerprint density at radius 2 is 1.52 bits per heavy atom. The molecule has 0 amide bonds. The maximum Gasteiger partial charge on any atom is 0.176 e. The van der Waals surface area contributed by atoms with E-state index in [0.29, 0.717) is 12.4 Å². The highest BCUT2D eigenvalue weighted by molar-refractivity contribution is 5.31. The molecule has 0 bridgehead atoms. The van der Waals surface area contributed by atoms with E-state index < -0.39 is 12.3 Å². The van der Waals surface area contributed by atoms with E-state index in [1.54, 1.807) is 6.92 Å². The fourth-order valence-electron chi connectivity index (χ4n) is 2.10. The van der Waals surface area contributed by atoms with Crippen LogP contribution in [-0.4, -0.2) is 23.5 Å². The summed E-state index contributed by atoms with van der Waals surface area (Å²) < 4.78 is 11.5. The van der Waals surface area contributed by atoms with Crippen LogP contribution in [0.15, 0.2) is 54.6 Å². The Morgan fingerprint density at radius 3 is 2.09 bits per heavy atom. The molecule has 0 spiro atoms. The second kappa shape index (κ2) is 8.56. The molecule has 0 aliphatic heterocycles. The lowest BCUT2D eigenvalue weighted by Crippen LogP contribution is -2.46. The molecule has 2 unspecified atom stereocenters. The van der Waals surface area contributed by atoms with E-state index in [9.17, 15) is 5.11 Å². The molecule has 23 heavy (non-hydrogen) atoms. The number of ether oxygens (including phenoxy) is 2. The van der Waals surface area contributed by atoms with E-state index >= 15 is 0 Å². The standard InChI is InChI=1S/C19H25NO3/c1-14(2)20-19(15(3)21)23-18-11-9-17(10-12-18)22-13-16-7-5-4-6-8-16/h4-12,14-15,19-21H,13H2,1-3H3. The highest BCUT2D eigenvalue weighted by atomic mass is 16.5. The molecular formula is C19H25NO3. The van der Waals surface area contributed by atoms with Gasteiger partial charge in [-0.15, -0.1) is 0 Å². The first-order valence-electron chi connectivity index (χ1n) is 7.92. The zero-order valence-corrected chi connectivity index (χ0v) is 13.9. The first-order valence-corrected chi connectivity index (χ1v) is 7.92. The topological polar surface area (TPSA) is 50.7 Å². The van der Waals surface area contributed by atoms with E-state index in [2.05, 4.69) is 5.32 Å². The van der Waals surface area contributed by atoms with Crippen molar-refractivity contribution >= 4 is 0 Å². The van der Waals surface area contributed by atoms with Gasteiger partial charge in [-0.3, -0.25) is 5.32 Å². The summed E-state index contributed by atoms with van der Waals surface area (Å²) in [5.41, 5.74) is 1.13. The van der Waals surface area contributed by atoms with Crippen molar-refractivity contribution in [1.29, 1.82) is 0 Å². The molecule has 0 saturated heterocycles. The zero-order valence-electron chi connectivity index (χ0n) is 13.9. The number of aliphatic hydroxyl groups excluding tert-OH is 1. The molecule has 4 nitrogen and oxygen atoms in total. The molecule has 124 valence electrons. The minimum Gasteiger partial charge on any atom is -0.489 e. The molecule has 0 aliphatic rings. The van der Waals surface area contributed by atoms with Crippen molar-refractivity contribution in [3.8, 4) is 11.5 Å². The monoisotopic (exact) mass is 315 g/mol. The fraction of sp³-hybridized carbons (Fsp3) is 0.368. The van der Waals surface area contributed by atoms with Crippen LogP contribution in [0.3, 0.4) is 0 Å². The Hall–Kier alpha value is -2.04. The van der Waals surface area contributed by atoms with E-state index in [1.165, 1.54) is 0 Å². The van der Waals surface area contributed by atoms with Crippen LogP contribution in [-0.2, 0) is 6.61 Å². The predicted molar refractivity (Wildman–Crippen MR) is 91.6 cm³/mol. The van der Waals surface area contributed by atoms with Crippen LogP contribution < -0.4 is 14.8 Å². The van der Waals surface area contributed by atoms with Crippen molar-refractivity contribution in [3.63, 3.8) is 0 Å². The van der Waals surface area contributed by atoms with Gasteiger partial charge >= 0.3 is 0 Å². The van der Waals surface area contributed by atoms with Crippen LogP contribution in [0.2, 0.25) is 0 Å². The molecule has 0 heterocycles. The highest BCUT2D eigenvalue weighted by Gasteiger charge is 2.17.